The van der Waals surface area contributed by atoms with Crippen LogP contribution in [0, 0.1) is 11.3 Å². The molecule has 110 valence electrons. The number of amides is 1. The summed E-state index contributed by atoms with van der Waals surface area (Å²) in [5.74, 6) is -0.555. The molecule has 0 aliphatic rings. The first-order chi connectivity index (χ1) is 10.5. The van der Waals surface area contributed by atoms with Crippen LogP contribution >= 0.6 is 34.8 Å². The number of rotatable bonds is 3. The van der Waals surface area contributed by atoms with Gasteiger partial charge in [0.1, 0.15) is 11.6 Å². The molecular weight excluding hydrogens is 343 g/mol. The monoisotopic (exact) mass is 350 g/mol. The second-order valence-electron chi connectivity index (χ2n) is 4.28. The van der Waals surface area contributed by atoms with E-state index in [1.165, 1.54) is 6.08 Å². The second kappa shape index (κ2) is 7.33. The number of hydrogen-bond donors (Lipinski definition) is 1. The molecule has 2 aromatic carbocycles. The van der Waals surface area contributed by atoms with Gasteiger partial charge >= 0.3 is 0 Å². The van der Waals surface area contributed by atoms with E-state index in [-0.39, 0.29) is 10.6 Å². The summed E-state index contributed by atoms with van der Waals surface area (Å²) in [7, 11) is 0. The number of hydrogen-bond acceptors (Lipinski definition) is 2. The van der Waals surface area contributed by atoms with Gasteiger partial charge in [0.2, 0.25) is 0 Å². The third kappa shape index (κ3) is 4.02. The number of halogens is 3. The zero-order chi connectivity index (χ0) is 16.1. The summed E-state index contributed by atoms with van der Waals surface area (Å²) >= 11 is 17.8. The van der Waals surface area contributed by atoms with Gasteiger partial charge in [0.25, 0.3) is 5.91 Å². The molecule has 1 amide bonds. The zero-order valence-electron chi connectivity index (χ0n) is 11.1. The molecule has 0 spiro atoms. The number of anilines is 1. The van der Waals surface area contributed by atoms with E-state index in [0.717, 1.165) is 0 Å². The smallest absolute Gasteiger partial charge is 0.266 e. The fourth-order valence-electron chi connectivity index (χ4n) is 1.70. The first-order valence-corrected chi connectivity index (χ1v) is 7.27. The molecule has 0 radical (unpaired) electrons. The van der Waals surface area contributed by atoms with Gasteiger partial charge in [-0.1, -0.05) is 53.0 Å². The lowest BCUT2D eigenvalue weighted by Gasteiger charge is -2.05. The average molecular weight is 352 g/mol. The minimum Gasteiger partial charge on any atom is -0.321 e. The lowest BCUT2D eigenvalue weighted by Crippen LogP contribution is -2.13. The minimum atomic E-state index is -0.555. The number of benzene rings is 2. The van der Waals surface area contributed by atoms with Gasteiger partial charge in [-0.25, -0.2) is 0 Å². The van der Waals surface area contributed by atoms with Gasteiger partial charge in [-0.05, 0) is 35.9 Å². The van der Waals surface area contributed by atoms with E-state index < -0.39 is 5.91 Å². The Balaban J connectivity index is 2.28. The lowest BCUT2D eigenvalue weighted by molar-refractivity contribution is -0.112. The van der Waals surface area contributed by atoms with E-state index in [4.69, 9.17) is 40.1 Å². The van der Waals surface area contributed by atoms with Gasteiger partial charge in [-0.15, -0.1) is 0 Å². The first-order valence-electron chi connectivity index (χ1n) is 6.14. The van der Waals surface area contributed by atoms with Crippen molar-refractivity contribution in [1.82, 2.24) is 0 Å². The third-order valence-corrected chi connectivity index (χ3v) is 3.80. The number of nitrogens with one attached hydrogen (secondary N) is 1. The Hall–Kier alpha value is -1.99. The van der Waals surface area contributed by atoms with Crippen LogP contribution in [0.4, 0.5) is 5.69 Å². The molecule has 0 aliphatic heterocycles. The van der Waals surface area contributed by atoms with Crippen molar-refractivity contribution in [3.8, 4) is 6.07 Å². The molecule has 0 atom stereocenters. The largest absolute Gasteiger partial charge is 0.321 e. The van der Waals surface area contributed by atoms with E-state index in [1.807, 2.05) is 6.07 Å². The fraction of sp³-hybridized carbons (Fsp3) is 0. The maximum atomic E-state index is 12.1. The Morgan fingerprint density at radius 2 is 1.86 bits per heavy atom. The molecule has 3 nitrogen and oxygen atoms in total. The lowest BCUT2D eigenvalue weighted by atomic mass is 10.1. The molecule has 2 rings (SSSR count). The number of nitriles is 1. The minimum absolute atomic E-state index is 0.0934. The van der Waals surface area contributed by atoms with E-state index in [9.17, 15) is 4.79 Å². The molecule has 0 fully saturated rings. The summed E-state index contributed by atoms with van der Waals surface area (Å²) in [6.45, 7) is 0. The Kier molecular flexibility index (Phi) is 5.46. The third-order valence-electron chi connectivity index (χ3n) is 2.73. The highest BCUT2D eigenvalue weighted by Gasteiger charge is 2.11. The fourth-order valence-corrected chi connectivity index (χ4v) is 2.25. The van der Waals surface area contributed by atoms with Gasteiger partial charge in [-0.3, -0.25) is 4.79 Å². The van der Waals surface area contributed by atoms with Crippen LogP contribution in [0.15, 0.2) is 48.0 Å². The molecule has 22 heavy (non-hydrogen) atoms. The first kappa shape index (κ1) is 16.4. The van der Waals surface area contributed by atoms with Crippen molar-refractivity contribution in [1.29, 1.82) is 5.26 Å². The van der Waals surface area contributed by atoms with Crippen LogP contribution in [0.25, 0.3) is 6.08 Å². The van der Waals surface area contributed by atoms with Gasteiger partial charge in [0.05, 0.1) is 10.0 Å². The molecule has 0 aliphatic carbocycles. The second-order valence-corrected chi connectivity index (χ2v) is 5.50. The average Bonchev–Trinajstić information content (AvgIpc) is 2.48. The maximum Gasteiger partial charge on any atom is 0.266 e. The predicted molar refractivity (Wildman–Crippen MR) is 90.1 cm³/mol. The predicted octanol–water partition coefficient (Wildman–Crippen LogP) is 5.19. The van der Waals surface area contributed by atoms with Gasteiger partial charge in [0.15, 0.2) is 0 Å². The van der Waals surface area contributed by atoms with Crippen LogP contribution in [0.5, 0.6) is 0 Å². The van der Waals surface area contributed by atoms with Crippen molar-refractivity contribution in [3.63, 3.8) is 0 Å². The Labute approximate surface area is 142 Å². The van der Waals surface area contributed by atoms with Gasteiger partial charge in [0, 0.05) is 10.7 Å². The van der Waals surface area contributed by atoms with Gasteiger partial charge < -0.3 is 5.32 Å². The van der Waals surface area contributed by atoms with Crippen molar-refractivity contribution in [3.05, 3.63) is 68.7 Å². The van der Waals surface area contributed by atoms with Crippen LogP contribution in [0.2, 0.25) is 15.1 Å². The van der Waals surface area contributed by atoms with Crippen LogP contribution in [0.3, 0.4) is 0 Å². The molecule has 0 saturated carbocycles. The molecule has 6 heteroatoms. The SMILES string of the molecule is N#C/C(=C\c1cccc(Cl)c1Cl)C(=O)Nc1cccc(Cl)c1. The highest BCUT2D eigenvalue weighted by atomic mass is 35.5. The standard InChI is InChI=1S/C16H9Cl3N2O/c17-12-4-2-5-13(8-12)21-16(22)11(9-20)7-10-3-1-6-14(18)15(10)19/h1-8H,(H,21,22)/b11-7+. The van der Waals surface area contributed by atoms with Gasteiger partial charge in [-0.2, -0.15) is 5.26 Å². The van der Waals surface area contributed by atoms with E-state index >= 15 is 0 Å². The summed E-state index contributed by atoms with van der Waals surface area (Å²) in [5, 5.41) is 12.9. The van der Waals surface area contributed by atoms with E-state index in [0.29, 0.717) is 21.3 Å². The summed E-state index contributed by atoms with van der Waals surface area (Å²) in [6.07, 6.45) is 1.38. The van der Waals surface area contributed by atoms with Crippen LogP contribution in [-0.4, -0.2) is 5.91 Å². The number of carbonyl (C=O) groups is 1. The van der Waals surface area contributed by atoms with Crippen molar-refractivity contribution >= 4 is 52.5 Å². The summed E-state index contributed by atoms with van der Waals surface area (Å²) in [6, 6.07) is 13.5. The maximum absolute atomic E-state index is 12.1. The molecule has 0 heterocycles. The van der Waals surface area contributed by atoms with Crippen molar-refractivity contribution < 1.29 is 4.79 Å². The summed E-state index contributed by atoms with van der Waals surface area (Å²) in [5.41, 5.74) is 0.895. The van der Waals surface area contributed by atoms with E-state index in [1.54, 1.807) is 42.5 Å². The van der Waals surface area contributed by atoms with Crippen LogP contribution < -0.4 is 5.32 Å². The molecule has 1 N–H and O–H groups in total. The normalized spacial score (nSPS) is 10.9. The molecule has 0 saturated heterocycles. The molecule has 0 unspecified atom stereocenters. The zero-order valence-corrected chi connectivity index (χ0v) is 13.4. The Morgan fingerprint density at radius 1 is 1.14 bits per heavy atom. The summed E-state index contributed by atoms with van der Waals surface area (Å²) < 4.78 is 0. The van der Waals surface area contributed by atoms with E-state index in [2.05, 4.69) is 5.32 Å². The highest BCUT2D eigenvalue weighted by molar-refractivity contribution is 6.43. The van der Waals surface area contributed by atoms with Crippen molar-refractivity contribution in [2.24, 2.45) is 0 Å². The highest BCUT2D eigenvalue weighted by Crippen LogP contribution is 2.27. The molecule has 0 aromatic heterocycles. The molecule has 2 aromatic rings. The topological polar surface area (TPSA) is 52.9 Å². The summed E-state index contributed by atoms with van der Waals surface area (Å²) in [4.78, 5) is 12.1. The number of carbonyl (C=O) groups excluding carboxylic acids is 1. The van der Waals surface area contributed by atoms with Crippen molar-refractivity contribution in [2.75, 3.05) is 5.32 Å². The Morgan fingerprint density at radius 3 is 2.55 bits per heavy atom. The molecular formula is C16H9Cl3N2O. The van der Waals surface area contributed by atoms with Crippen LogP contribution in [0.1, 0.15) is 5.56 Å². The number of nitrogens with zero attached hydrogens (tertiary/aromatic N) is 1. The van der Waals surface area contributed by atoms with Crippen LogP contribution in [-0.2, 0) is 4.79 Å². The molecule has 0 bridgehead atoms. The Bertz CT molecular complexity index is 794. The quantitative estimate of drug-likeness (QED) is 0.611. The van der Waals surface area contributed by atoms with Crippen molar-refractivity contribution in [2.45, 2.75) is 0 Å².